The molecule has 0 saturated heterocycles. The van der Waals surface area contributed by atoms with Crippen LogP contribution in [0, 0.1) is 13.8 Å². The highest BCUT2D eigenvalue weighted by atomic mass is 32.2. The molecule has 2 rings (SSSR count). The van der Waals surface area contributed by atoms with Crippen LogP contribution in [0.3, 0.4) is 0 Å². The first kappa shape index (κ1) is 28.6. The highest BCUT2D eigenvalue weighted by Gasteiger charge is 2.23. The number of hydrogen-bond donors (Lipinski definition) is 0. The number of benzene rings is 2. The minimum atomic E-state index is -3.96. The molecule has 0 fully saturated rings. The van der Waals surface area contributed by atoms with E-state index in [0.717, 1.165) is 11.1 Å². The summed E-state index contributed by atoms with van der Waals surface area (Å²) in [6.07, 6.45) is -0.0112. The fourth-order valence-electron chi connectivity index (χ4n) is 3.03. The molecule has 0 radical (unpaired) electrons. The van der Waals surface area contributed by atoms with Crippen molar-refractivity contribution in [3.8, 4) is 0 Å². The molecule has 0 heterocycles. The van der Waals surface area contributed by atoms with E-state index in [0.29, 0.717) is 0 Å². The zero-order valence-corrected chi connectivity index (χ0v) is 22.4. The Kier molecular flexibility index (Phi) is 10.4. The van der Waals surface area contributed by atoms with Crippen LogP contribution in [-0.4, -0.2) is 67.6 Å². The van der Waals surface area contributed by atoms with Gasteiger partial charge in [0.25, 0.3) is 20.2 Å². The van der Waals surface area contributed by atoms with E-state index in [1.165, 1.54) is 30.9 Å². The topological polar surface area (TPSA) is 116 Å². The molecule has 0 aliphatic heterocycles. The first-order chi connectivity index (χ1) is 15.8. The zero-order chi connectivity index (χ0) is 25.4. The van der Waals surface area contributed by atoms with Gasteiger partial charge in [-0.25, -0.2) is 0 Å². The first-order valence-electron chi connectivity index (χ1n) is 10.7. The van der Waals surface area contributed by atoms with Crippen LogP contribution in [-0.2, 0) is 37.7 Å². The number of nitrogens with zero attached hydrogens (tertiary/aromatic N) is 1. The van der Waals surface area contributed by atoms with E-state index in [1.807, 2.05) is 13.8 Å². The summed E-state index contributed by atoms with van der Waals surface area (Å²) < 4.78 is 77.9. The molecule has 34 heavy (non-hydrogen) atoms. The molecule has 190 valence electrons. The Morgan fingerprint density at radius 1 is 0.765 bits per heavy atom. The van der Waals surface area contributed by atoms with Crippen LogP contribution in [0.5, 0.6) is 0 Å². The summed E-state index contributed by atoms with van der Waals surface area (Å²) >= 11 is 0. The van der Waals surface area contributed by atoms with Gasteiger partial charge in [0, 0.05) is 19.8 Å². The third kappa shape index (κ3) is 9.22. The SMILES string of the molecule is CCOP(C)(=O)CN(CCOS(=O)(=O)c1ccc(C)cc1)CCOS(=O)(=O)c1ccc(C)cc1. The van der Waals surface area contributed by atoms with E-state index in [-0.39, 0.29) is 49.0 Å². The highest BCUT2D eigenvalue weighted by molar-refractivity contribution is 7.87. The Labute approximate surface area is 202 Å². The van der Waals surface area contributed by atoms with Crippen molar-refractivity contribution in [2.75, 3.05) is 45.9 Å². The lowest BCUT2D eigenvalue weighted by Crippen LogP contribution is -2.33. The number of rotatable bonds is 14. The lowest BCUT2D eigenvalue weighted by Gasteiger charge is -2.25. The van der Waals surface area contributed by atoms with Gasteiger partial charge in [0.05, 0.1) is 35.9 Å². The molecule has 0 aliphatic rings. The van der Waals surface area contributed by atoms with Gasteiger partial charge in [0.2, 0.25) is 7.37 Å². The Morgan fingerprint density at radius 2 is 1.15 bits per heavy atom. The van der Waals surface area contributed by atoms with Crippen LogP contribution in [0.4, 0.5) is 0 Å². The molecule has 2 aromatic rings. The largest absolute Gasteiger partial charge is 0.328 e. The minimum absolute atomic E-state index is 0.0112. The van der Waals surface area contributed by atoms with Crippen molar-refractivity contribution in [3.05, 3.63) is 59.7 Å². The highest BCUT2D eigenvalue weighted by Crippen LogP contribution is 2.42. The van der Waals surface area contributed by atoms with Gasteiger partial charge in [-0.05, 0) is 45.0 Å². The molecule has 0 N–H and O–H groups in total. The van der Waals surface area contributed by atoms with Gasteiger partial charge < -0.3 is 4.52 Å². The van der Waals surface area contributed by atoms with Crippen LogP contribution in [0.1, 0.15) is 18.1 Å². The van der Waals surface area contributed by atoms with Crippen molar-refractivity contribution in [3.63, 3.8) is 0 Å². The van der Waals surface area contributed by atoms with E-state index >= 15 is 0 Å². The summed E-state index contributed by atoms with van der Waals surface area (Å²) in [6, 6.07) is 12.5. The van der Waals surface area contributed by atoms with Crippen molar-refractivity contribution in [1.29, 1.82) is 0 Å². The second-order valence-electron chi connectivity index (χ2n) is 7.87. The summed E-state index contributed by atoms with van der Waals surface area (Å²) in [4.78, 5) is 1.67. The molecule has 2 aromatic carbocycles. The molecular weight excluding hydrogens is 501 g/mol. The zero-order valence-electron chi connectivity index (χ0n) is 19.8. The van der Waals surface area contributed by atoms with Crippen LogP contribution in [0.2, 0.25) is 0 Å². The van der Waals surface area contributed by atoms with Crippen LogP contribution < -0.4 is 0 Å². The molecule has 0 spiro atoms. The molecule has 0 bridgehead atoms. The van der Waals surface area contributed by atoms with Gasteiger partial charge in [-0.3, -0.25) is 17.8 Å². The summed E-state index contributed by atoms with van der Waals surface area (Å²) in [5.41, 5.74) is 1.83. The molecule has 0 saturated carbocycles. The minimum Gasteiger partial charge on any atom is -0.328 e. The van der Waals surface area contributed by atoms with E-state index in [2.05, 4.69) is 0 Å². The molecular formula is C22H32NO8PS2. The van der Waals surface area contributed by atoms with Gasteiger partial charge in [0.1, 0.15) is 0 Å². The number of hydrogen-bond acceptors (Lipinski definition) is 9. The Morgan fingerprint density at radius 3 is 1.50 bits per heavy atom. The predicted molar refractivity (Wildman–Crippen MR) is 130 cm³/mol. The van der Waals surface area contributed by atoms with Gasteiger partial charge in [-0.15, -0.1) is 0 Å². The van der Waals surface area contributed by atoms with Crippen molar-refractivity contribution < 1.29 is 34.3 Å². The fraction of sp³-hybridized carbons (Fsp3) is 0.455. The normalized spacial score (nSPS) is 14.3. The fourth-order valence-corrected chi connectivity index (χ4v) is 6.46. The summed E-state index contributed by atoms with van der Waals surface area (Å²) in [5.74, 6) is 0. The average molecular weight is 534 g/mol. The maximum atomic E-state index is 12.7. The molecule has 1 unspecified atom stereocenters. The van der Waals surface area contributed by atoms with Crippen molar-refractivity contribution in [2.45, 2.75) is 30.6 Å². The van der Waals surface area contributed by atoms with Crippen LogP contribution in [0.25, 0.3) is 0 Å². The van der Waals surface area contributed by atoms with E-state index in [1.54, 1.807) is 36.1 Å². The first-order valence-corrected chi connectivity index (χ1v) is 15.8. The molecule has 9 nitrogen and oxygen atoms in total. The smallest absolute Gasteiger partial charge is 0.297 e. The quantitative estimate of drug-likeness (QED) is 0.265. The second kappa shape index (κ2) is 12.4. The van der Waals surface area contributed by atoms with E-state index in [9.17, 15) is 21.4 Å². The average Bonchev–Trinajstić information content (AvgIpc) is 2.73. The van der Waals surface area contributed by atoms with Crippen molar-refractivity contribution >= 4 is 27.6 Å². The molecule has 1 atom stereocenters. The standard InChI is InChI=1S/C22H32NO8PS2/c1-5-29-32(4,24)18-23(14-16-30-33(25,26)21-10-6-19(2)7-11-21)15-17-31-34(27,28)22-12-8-20(3)9-13-22/h6-13H,5,14-18H2,1-4H3. The molecule has 12 heteroatoms. The number of aryl methyl sites for hydroxylation is 2. The molecule has 0 amide bonds. The lowest BCUT2D eigenvalue weighted by atomic mass is 10.2. The van der Waals surface area contributed by atoms with E-state index < -0.39 is 27.6 Å². The Balaban J connectivity index is 2.01. The van der Waals surface area contributed by atoms with Gasteiger partial charge >= 0.3 is 0 Å². The maximum Gasteiger partial charge on any atom is 0.297 e. The third-order valence-electron chi connectivity index (χ3n) is 4.77. The van der Waals surface area contributed by atoms with Crippen LogP contribution >= 0.6 is 7.37 Å². The van der Waals surface area contributed by atoms with Gasteiger partial charge in [-0.2, -0.15) is 16.8 Å². The van der Waals surface area contributed by atoms with Crippen molar-refractivity contribution in [1.82, 2.24) is 4.90 Å². The van der Waals surface area contributed by atoms with Crippen molar-refractivity contribution in [2.24, 2.45) is 0 Å². The summed E-state index contributed by atoms with van der Waals surface area (Å²) in [6.45, 7) is 6.84. The van der Waals surface area contributed by atoms with E-state index in [4.69, 9.17) is 12.9 Å². The Bertz CT molecular complexity index is 1100. The monoisotopic (exact) mass is 533 g/mol. The molecule has 0 aromatic heterocycles. The molecule has 0 aliphatic carbocycles. The van der Waals surface area contributed by atoms with Gasteiger partial charge in [0.15, 0.2) is 0 Å². The Hall–Kier alpha value is -1.59. The second-order valence-corrected chi connectivity index (χ2v) is 13.7. The summed E-state index contributed by atoms with van der Waals surface area (Å²) in [7, 11) is -10.9. The maximum absolute atomic E-state index is 12.7. The predicted octanol–water partition coefficient (Wildman–Crippen LogP) is 3.62. The lowest BCUT2D eigenvalue weighted by molar-refractivity contribution is 0.193. The van der Waals surface area contributed by atoms with Crippen LogP contribution in [0.15, 0.2) is 58.3 Å². The van der Waals surface area contributed by atoms with Gasteiger partial charge in [-0.1, -0.05) is 35.4 Å². The third-order valence-corrected chi connectivity index (χ3v) is 9.14. The summed E-state index contributed by atoms with van der Waals surface area (Å²) in [5, 5.41) is 0.